The second-order valence-electron chi connectivity index (χ2n) is 6.24. The molecule has 0 amide bonds. The maximum Gasteiger partial charge on any atom is 0.0931 e. The van der Waals surface area contributed by atoms with Gasteiger partial charge in [-0.15, -0.1) is 11.3 Å². The highest BCUT2D eigenvalue weighted by molar-refractivity contribution is 7.16. The van der Waals surface area contributed by atoms with Gasteiger partial charge in [-0.25, -0.2) is 0 Å². The molecule has 0 bridgehead atoms. The van der Waals surface area contributed by atoms with Crippen LogP contribution in [-0.2, 0) is 0 Å². The van der Waals surface area contributed by atoms with E-state index in [1.165, 1.54) is 37.0 Å². The van der Waals surface area contributed by atoms with E-state index in [9.17, 15) is 0 Å². The van der Waals surface area contributed by atoms with Gasteiger partial charge < -0.3 is 5.32 Å². The van der Waals surface area contributed by atoms with E-state index in [-0.39, 0.29) is 0 Å². The number of nitrogens with one attached hydrogen (secondary N) is 1. The Balaban J connectivity index is 1.86. The molecule has 0 aromatic carbocycles. The molecular formula is C16H26ClNS. The first kappa shape index (κ1) is 15.3. The molecule has 0 saturated heterocycles. The van der Waals surface area contributed by atoms with E-state index in [0.717, 1.165) is 16.2 Å². The molecule has 1 N–H and O–H groups in total. The Labute approximate surface area is 126 Å². The average Bonchev–Trinajstić information content (AvgIpc) is 2.65. The minimum absolute atomic E-state index is 0.429. The molecule has 0 radical (unpaired) electrons. The molecule has 1 aliphatic carbocycles. The van der Waals surface area contributed by atoms with Crippen molar-refractivity contribution >= 4 is 22.9 Å². The summed E-state index contributed by atoms with van der Waals surface area (Å²) in [5, 5.41) is 3.80. The minimum atomic E-state index is 0.429. The van der Waals surface area contributed by atoms with Crippen LogP contribution in [0.5, 0.6) is 0 Å². The topological polar surface area (TPSA) is 12.0 Å². The van der Waals surface area contributed by atoms with Gasteiger partial charge in [0.1, 0.15) is 0 Å². The van der Waals surface area contributed by atoms with E-state index in [0.29, 0.717) is 12.1 Å². The van der Waals surface area contributed by atoms with E-state index in [2.05, 4.69) is 32.2 Å². The zero-order chi connectivity index (χ0) is 13.8. The van der Waals surface area contributed by atoms with E-state index in [4.69, 9.17) is 11.6 Å². The Kier molecular flexibility index (Phi) is 5.73. The standard InChI is InChI=1S/C16H26ClNS/c1-11(2)13-5-4-6-14(8-7-13)18-12(3)15-9-10-16(17)19-15/h9-14,18H,4-8H2,1-3H3. The monoisotopic (exact) mass is 299 g/mol. The van der Waals surface area contributed by atoms with E-state index in [1.54, 1.807) is 11.3 Å². The first-order valence-corrected chi connectivity index (χ1v) is 8.77. The Morgan fingerprint density at radius 2 is 1.95 bits per heavy atom. The normalized spacial score (nSPS) is 26.4. The van der Waals surface area contributed by atoms with Crippen molar-refractivity contribution in [3.8, 4) is 0 Å². The lowest BCUT2D eigenvalue weighted by Gasteiger charge is -2.22. The molecule has 3 unspecified atom stereocenters. The average molecular weight is 300 g/mol. The molecular weight excluding hydrogens is 274 g/mol. The summed E-state index contributed by atoms with van der Waals surface area (Å²) in [7, 11) is 0. The predicted molar refractivity (Wildman–Crippen MR) is 86.1 cm³/mol. The fraction of sp³-hybridized carbons (Fsp3) is 0.750. The smallest absolute Gasteiger partial charge is 0.0931 e. The van der Waals surface area contributed by atoms with Crippen LogP contribution in [-0.4, -0.2) is 6.04 Å². The first-order valence-electron chi connectivity index (χ1n) is 7.57. The molecule has 3 heteroatoms. The van der Waals surface area contributed by atoms with Crippen LogP contribution in [0.15, 0.2) is 12.1 Å². The van der Waals surface area contributed by atoms with E-state index < -0.39 is 0 Å². The van der Waals surface area contributed by atoms with Crippen molar-refractivity contribution in [2.45, 2.75) is 65.0 Å². The molecule has 1 saturated carbocycles. The molecule has 108 valence electrons. The summed E-state index contributed by atoms with van der Waals surface area (Å²) in [4.78, 5) is 1.36. The SMILES string of the molecule is CC(NC1CCCC(C(C)C)CC1)c1ccc(Cl)s1. The van der Waals surface area contributed by atoms with Gasteiger partial charge in [0.05, 0.1) is 4.34 Å². The number of rotatable bonds is 4. The second kappa shape index (κ2) is 7.10. The van der Waals surface area contributed by atoms with Crippen molar-refractivity contribution in [3.63, 3.8) is 0 Å². The van der Waals surface area contributed by atoms with Crippen molar-refractivity contribution in [1.82, 2.24) is 5.32 Å². The lowest BCUT2D eigenvalue weighted by Crippen LogP contribution is -2.30. The van der Waals surface area contributed by atoms with Gasteiger partial charge in [-0.05, 0) is 50.2 Å². The van der Waals surface area contributed by atoms with Crippen molar-refractivity contribution in [2.75, 3.05) is 0 Å². The van der Waals surface area contributed by atoms with Crippen molar-refractivity contribution in [1.29, 1.82) is 0 Å². The summed E-state index contributed by atoms with van der Waals surface area (Å²) < 4.78 is 0.893. The number of halogens is 1. The molecule has 1 aromatic heterocycles. The fourth-order valence-corrected chi connectivity index (χ4v) is 4.23. The van der Waals surface area contributed by atoms with Gasteiger partial charge in [-0.1, -0.05) is 38.3 Å². The van der Waals surface area contributed by atoms with E-state index in [1.807, 2.05) is 6.07 Å². The van der Waals surface area contributed by atoms with Crippen molar-refractivity contribution < 1.29 is 0 Å². The van der Waals surface area contributed by atoms with Crippen molar-refractivity contribution in [2.24, 2.45) is 11.8 Å². The maximum atomic E-state index is 6.02. The number of hydrogen-bond acceptors (Lipinski definition) is 2. The lowest BCUT2D eigenvalue weighted by atomic mass is 9.89. The van der Waals surface area contributed by atoms with Crippen LogP contribution in [0.4, 0.5) is 0 Å². The van der Waals surface area contributed by atoms with Gasteiger partial charge in [0.25, 0.3) is 0 Å². The van der Waals surface area contributed by atoms with Crippen LogP contribution in [0.1, 0.15) is 63.8 Å². The third-order valence-electron chi connectivity index (χ3n) is 4.46. The highest BCUT2D eigenvalue weighted by Gasteiger charge is 2.22. The largest absolute Gasteiger partial charge is 0.307 e. The molecule has 3 atom stereocenters. The fourth-order valence-electron chi connectivity index (χ4n) is 3.16. The summed E-state index contributed by atoms with van der Waals surface area (Å²) in [6.07, 6.45) is 6.82. The molecule has 19 heavy (non-hydrogen) atoms. The summed E-state index contributed by atoms with van der Waals surface area (Å²) in [5.41, 5.74) is 0. The molecule has 1 fully saturated rings. The highest BCUT2D eigenvalue weighted by Crippen LogP contribution is 2.31. The van der Waals surface area contributed by atoms with Crippen molar-refractivity contribution in [3.05, 3.63) is 21.3 Å². The zero-order valence-corrected chi connectivity index (χ0v) is 13.9. The summed E-state index contributed by atoms with van der Waals surface area (Å²) in [5.74, 6) is 1.77. The van der Waals surface area contributed by atoms with Crippen LogP contribution in [0.25, 0.3) is 0 Å². The van der Waals surface area contributed by atoms with Gasteiger partial charge in [-0.3, -0.25) is 0 Å². The van der Waals surface area contributed by atoms with E-state index >= 15 is 0 Å². The quantitative estimate of drug-likeness (QED) is 0.708. The lowest BCUT2D eigenvalue weighted by molar-refractivity contribution is 0.335. The molecule has 0 aliphatic heterocycles. The van der Waals surface area contributed by atoms with Crippen LogP contribution in [0.3, 0.4) is 0 Å². The molecule has 2 rings (SSSR count). The van der Waals surface area contributed by atoms with Crippen LogP contribution in [0, 0.1) is 11.8 Å². The summed E-state index contributed by atoms with van der Waals surface area (Å²) >= 11 is 7.72. The summed E-state index contributed by atoms with van der Waals surface area (Å²) in [6, 6.07) is 5.26. The van der Waals surface area contributed by atoms with Gasteiger partial charge in [0.15, 0.2) is 0 Å². The molecule has 0 spiro atoms. The highest BCUT2D eigenvalue weighted by atomic mass is 35.5. The molecule has 1 aliphatic rings. The minimum Gasteiger partial charge on any atom is -0.307 e. The van der Waals surface area contributed by atoms with Gasteiger partial charge in [0, 0.05) is 17.0 Å². The summed E-state index contributed by atoms with van der Waals surface area (Å²) in [6.45, 7) is 7.00. The Morgan fingerprint density at radius 3 is 2.58 bits per heavy atom. The zero-order valence-electron chi connectivity index (χ0n) is 12.3. The maximum absolute atomic E-state index is 6.02. The first-order chi connectivity index (χ1) is 9.06. The van der Waals surface area contributed by atoms with Crippen LogP contribution < -0.4 is 5.32 Å². The number of thiophene rings is 1. The molecule has 1 nitrogen and oxygen atoms in total. The third kappa shape index (κ3) is 4.47. The van der Waals surface area contributed by atoms with Gasteiger partial charge in [-0.2, -0.15) is 0 Å². The Morgan fingerprint density at radius 1 is 1.16 bits per heavy atom. The Hall–Kier alpha value is -0.0500. The second-order valence-corrected chi connectivity index (χ2v) is 7.99. The van der Waals surface area contributed by atoms with Gasteiger partial charge in [0.2, 0.25) is 0 Å². The van der Waals surface area contributed by atoms with Gasteiger partial charge >= 0.3 is 0 Å². The van der Waals surface area contributed by atoms with Crippen LogP contribution in [0.2, 0.25) is 4.34 Å². The molecule has 1 heterocycles. The Bertz CT molecular complexity index is 388. The third-order valence-corrected chi connectivity index (χ3v) is 5.88. The predicted octanol–water partition coefficient (Wildman–Crippen LogP) is 5.66. The number of hydrogen-bond donors (Lipinski definition) is 1. The molecule has 1 aromatic rings. The van der Waals surface area contributed by atoms with Crippen LogP contribution >= 0.6 is 22.9 Å².